The molecule has 2 aromatic rings. The molecular formula is C16H16Br2OS. The molecule has 0 bridgehead atoms. The molecule has 0 amide bonds. The highest BCUT2D eigenvalue weighted by Gasteiger charge is 2.21. The maximum atomic E-state index is 12.8. The lowest BCUT2D eigenvalue weighted by molar-refractivity contribution is 0.104. The molecule has 0 spiro atoms. The number of thiophene rings is 1. The van der Waals surface area contributed by atoms with Crippen LogP contribution in [0, 0.1) is 34.6 Å². The van der Waals surface area contributed by atoms with Crippen LogP contribution in [0.1, 0.15) is 43.1 Å². The molecule has 0 radical (unpaired) electrons. The van der Waals surface area contributed by atoms with E-state index >= 15 is 0 Å². The third-order valence-corrected chi connectivity index (χ3v) is 7.35. The second-order valence-corrected chi connectivity index (χ2v) is 8.29. The van der Waals surface area contributed by atoms with Crippen LogP contribution in [-0.2, 0) is 0 Å². The largest absolute Gasteiger partial charge is 0.288 e. The number of rotatable bonds is 2. The number of benzene rings is 1. The van der Waals surface area contributed by atoms with Gasteiger partial charge in [0.25, 0.3) is 0 Å². The Morgan fingerprint density at radius 1 is 0.900 bits per heavy atom. The van der Waals surface area contributed by atoms with Crippen LogP contribution in [0.2, 0.25) is 0 Å². The minimum Gasteiger partial charge on any atom is -0.288 e. The molecular weight excluding hydrogens is 400 g/mol. The van der Waals surface area contributed by atoms with Crippen molar-refractivity contribution in [3.05, 3.63) is 52.6 Å². The lowest BCUT2D eigenvalue weighted by Crippen LogP contribution is -2.09. The monoisotopic (exact) mass is 414 g/mol. The Labute approximate surface area is 140 Å². The Hall–Kier alpha value is -0.450. The summed E-state index contributed by atoms with van der Waals surface area (Å²) >= 11 is 8.37. The number of carbonyl (C=O) groups is 1. The fraction of sp³-hybridized carbons (Fsp3) is 0.312. The van der Waals surface area contributed by atoms with Gasteiger partial charge in [-0.15, -0.1) is 11.3 Å². The van der Waals surface area contributed by atoms with Crippen LogP contribution in [0.3, 0.4) is 0 Å². The lowest BCUT2D eigenvalue weighted by Gasteiger charge is -2.17. The SMILES string of the molecule is Cc1c(C)c(C)c(C(=O)c2cc(Br)c(Br)s2)c(C)c1C. The van der Waals surface area contributed by atoms with Gasteiger partial charge in [0.05, 0.1) is 8.66 Å². The lowest BCUT2D eigenvalue weighted by atomic mass is 9.87. The van der Waals surface area contributed by atoms with Crippen molar-refractivity contribution in [1.82, 2.24) is 0 Å². The van der Waals surface area contributed by atoms with Gasteiger partial charge in [-0.05, 0) is 100 Å². The predicted molar refractivity (Wildman–Crippen MR) is 93.3 cm³/mol. The van der Waals surface area contributed by atoms with Crippen molar-refractivity contribution in [1.29, 1.82) is 0 Å². The summed E-state index contributed by atoms with van der Waals surface area (Å²) in [6, 6.07) is 1.89. The van der Waals surface area contributed by atoms with Crippen molar-refractivity contribution < 1.29 is 4.79 Å². The summed E-state index contributed by atoms with van der Waals surface area (Å²) in [7, 11) is 0. The molecule has 0 unspecified atom stereocenters. The molecule has 0 aliphatic heterocycles. The van der Waals surface area contributed by atoms with E-state index in [1.54, 1.807) is 0 Å². The summed E-state index contributed by atoms with van der Waals surface area (Å²) in [4.78, 5) is 13.6. The van der Waals surface area contributed by atoms with Gasteiger partial charge in [0.15, 0.2) is 0 Å². The summed E-state index contributed by atoms with van der Waals surface area (Å²) in [6.07, 6.45) is 0. The zero-order chi connectivity index (χ0) is 15.2. The van der Waals surface area contributed by atoms with Crippen molar-refractivity contribution in [3.8, 4) is 0 Å². The van der Waals surface area contributed by atoms with E-state index < -0.39 is 0 Å². The minimum atomic E-state index is 0.114. The first-order valence-electron chi connectivity index (χ1n) is 6.32. The molecule has 2 rings (SSSR count). The van der Waals surface area contributed by atoms with E-state index in [2.05, 4.69) is 52.6 Å². The second-order valence-electron chi connectivity index (χ2n) is 5.06. The van der Waals surface area contributed by atoms with Crippen molar-refractivity contribution >= 4 is 49.0 Å². The van der Waals surface area contributed by atoms with Crippen LogP contribution in [-0.4, -0.2) is 5.78 Å². The summed E-state index contributed by atoms with van der Waals surface area (Å²) < 4.78 is 1.89. The van der Waals surface area contributed by atoms with Crippen molar-refractivity contribution in [2.75, 3.05) is 0 Å². The van der Waals surface area contributed by atoms with Crippen LogP contribution in [0.25, 0.3) is 0 Å². The summed E-state index contributed by atoms with van der Waals surface area (Å²) in [5, 5.41) is 0. The Kier molecular flexibility index (Phi) is 4.57. The van der Waals surface area contributed by atoms with Gasteiger partial charge >= 0.3 is 0 Å². The molecule has 1 heterocycles. The van der Waals surface area contributed by atoms with E-state index in [1.165, 1.54) is 28.0 Å². The highest BCUT2D eigenvalue weighted by atomic mass is 79.9. The van der Waals surface area contributed by atoms with Gasteiger partial charge in [0.2, 0.25) is 5.78 Å². The van der Waals surface area contributed by atoms with Crippen LogP contribution in [0.5, 0.6) is 0 Å². The van der Waals surface area contributed by atoms with E-state index in [4.69, 9.17) is 0 Å². The molecule has 106 valence electrons. The number of ketones is 1. The normalized spacial score (nSPS) is 10.9. The summed E-state index contributed by atoms with van der Waals surface area (Å²) in [5.74, 6) is 0.114. The van der Waals surface area contributed by atoms with Gasteiger partial charge in [-0.1, -0.05) is 0 Å². The number of hydrogen-bond acceptors (Lipinski definition) is 2. The third-order valence-electron chi connectivity index (χ3n) is 4.10. The molecule has 1 nitrogen and oxygen atoms in total. The molecule has 0 saturated heterocycles. The maximum absolute atomic E-state index is 12.8. The summed E-state index contributed by atoms with van der Waals surface area (Å²) in [6.45, 7) is 10.4. The van der Waals surface area contributed by atoms with Gasteiger partial charge in [-0.2, -0.15) is 0 Å². The second kappa shape index (κ2) is 5.74. The highest BCUT2D eigenvalue weighted by Crippen LogP contribution is 2.35. The topological polar surface area (TPSA) is 17.1 Å². The number of halogens is 2. The average molecular weight is 416 g/mol. The first-order chi connectivity index (χ1) is 9.25. The third kappa shape index (κ3) is 2.53. The van der Waals surface area contributed by atoms with E-state index in [1.807, 2.05) is 19.9 Å². The van der Waals surface area contributed by atoms with Gasteiger partial charge in [0.1, 0.15) is 0 Å². The van der Waals surface area contributed by atoms with E-state index in [0.717, 1.165) is 29.8 Å². The molecule has 0 aliphatic carbocycles. The Morgan fingerprint density at radius 3 is 1.75 bits per heavy atom. The van der Waals surface area contributed by atoms with E-state index in [-0.39, 0.29) is 5.78 Å². The fourth-order valence-electron chi connectivity index (χ4n) is 2.42. The number of carbonyl (C=O) groups excluding carboxylic acids is 1. The minimum absolute atomic E-state index is 0.114. The molecule has 0 N–H and O–H groups in total. The van der Waals surface area contributed by atoms with Crippen LogP contribution < -0.4 is 0 Å². The summed E-state index contributed by atoms with van der Waals surface area (Å²) in [5.41, 5.74) is 6.75. The Morgan fingerprint density at radius 2 is 1.35 bits per heavy atom. The highest BCUT2D eigenvalue weighted by molar-refractivity contribution is 9.13. The van der Waals surface area contributed by atoms with Crippen LogP contribution >= 0.6 is 43.2 Å². The quantitative estimate of drug-likeness (QED) is 0.545. The fourth-order valence-corrected chi connectivity index (χ4v) is 4.40. The average Bonchev–Trinajstić information content (AvgIpc) is 2.74. The first kappa shape index (κ1) is 15.9. The van der Waals surface area contributed by atoms with Crippen molar-refractivity contribution in [2.45, 2.75) is 34.6 Å². The molecule has 0 atom stereocenters. The molecule has 20 heavy (non-hydrogen) atoms. The standard InChI is InChI=1S/C16H16Br2OS/c1-7-8(2)10(4)14(11(5)9(7)3)15(19)13-6-12(17)16(18)20-13/h6H,1-5H3. The Bertz CT molecular complexity index is 665. The molecule has 0 fully saturated rings. The maximum Gasteiger partial charge on any atom is 0.203 e. The molecule has 0 saturated carbocycles. The molecule has 4 heteroatoms. The van der Waals surface area contributed by atoms with Gasteiger partial charge < -0.3 is 0 Å². The van der Waals surface area contributed by atoms with Crippen LogP contribution in [0.15, 0.2) is 14.3 Å². The molecule has 1 aromatic carbocycles. The first-order valence-corrected chi connectivity index (χ1v) is 8.72. The zero-order valence-corrected chi connectivity index (χ0v) is 16.1. The molecule has 1 aromatic heterocycles. The Balaban J connectivity index is 2.67. The smallest absolute Gasteiger partial charge is 0.203 e. The van der Waals surface area contributed by atoms with Crippen molar-refractivity contribution in [3.63, 3.8) is 0 Å². The van der Waals surface area contributed by atoms with E-state index in [9.17, 15) is 4.79 Å². The van der Waals surface area contributed by atoms with Crippen molar-refractivity contribution in [2.24, 2.45) is 0 Å². The van der Waals surface area contributed by atoms with Gasteiger partial charge in [-0.3, -0.25) is 4.79 Å². The van der Waals surface area contributed by atoms with Crippen LogP contribution in [0.4, 0.5) is 0 Å². The molecule has 0 aliphatic rings. The van der Waals surface area contributed by atoms with Gasteiger partial charge in [-0.25, -0.2) is 0 Å². The predicted octanol–water partition coefficient (Wildman–Crippen LogP) is 6.05. The zero-order valence-electron chi connectivity index (χ0n) is 12.1. The van der Waals surface area contributed by atoms with E-state index in [0.29, 0.717) is 0 Å². The van der Waals surface area contributed by atoms with Gasteiger partial charge in [0, 0.05) is 10.0 Å². The number of hydrogen-bond donors (Lipinski definition) is 0.